The fourth-order valence-electron chi connectivity index (χ4n) is 1.89. The van der Waals surface area contributed by atoms with Gasteiger partial charge in [0.1, 0.15) is 6.04 Å². The van der Waals surface area contributed by atoms with Gasteiger partial charge >= 0.3 is 0 Å². The lowest BCUT2D eigenvalue weighted by Crippen LogP contribution is -2.42. The van der Waals surface area contributed by atoms with Gasteiger partial charge in [0, 0.05) is 6.54 Å². The molecule has 0 aromatic carbocycles. The molecule has 0 N–H and O–H groups in total. The maximum atomic E-state index is 12.1. The molecule has 1 amide bonds. The summed E-state index contributed by atoms with van der Waals surface area (Å²) in [7, 11) is 0. The molecular formula is C11H12N4O. The van der Waals surface area contributed by atoms with Gasteiger partial charge in [0.05, 0.1) is 24.0 Å². The van der Waals surface area contributed by atoms with E-state index in [1.54, 1.807) is 11.0 Å². The minimum Gasteiger partial charge on any atom is -0.323 e. The Bertz CT molecular complexity index is 412. The van der Waals surface area contributed by atoms with E-state index >= 15 is 0 Å². The second-order valence-electron chi connectivity index (χ2n) is 3.77. The average molecular weight is 216 g/mol. The summed E-state index contributed by atoms with van der Waals surface area (Å²) < 4.78 is 0. The molecule has 0 spiro atoms. The highest BCUT2D eigenvalue weighted by atomic mass is 16.2. The quantitative estimate of drug-likeness (QED) is 0.702. The highest BCUT2D eigenvalue weighted by Gasteiger charge is 2.27. The van der Waals surface area contributed by atoms with Crippen LogP contribution >= 0.6 is 0 Å². The Morgan fingerprint density at radius 1 is 1.50 bits per heavy atom. The van der Waals surface area contributed by atoms with Gasteiger partial charge in [-0.25, -0.2) is 0 Å². The highest BCUT2D eigenvalue weighted by molar-refractivity contribution is 5.94. The number of likely N-dealkylation sites (tertiary alicyclic amines) is 1. The van der Waals surface area contributed by atoms with E-state index in [9.17, 15) is 4.79 Å². The molecule has 2 rings (SSSR count). The zero-order valence-corrected chi connectivity index (χ0v) is 8.83. The molecule has 0 radical (unpaired) electrons. The summed E-state index contributed by atoms with van der Waals surface area (Å²) in [5.41, 5.74) is 0.497. The normalized spacial score (nSPS) is 20.2. The largest absolute Gasteiger partial charge is 0.323 e. The number of aromatic nitrogens is 2. The predicted molar refractivity (Wildman–Crippen MR) is 56.3 cm³/mol. The molecule has 5 heteroatoms. The summed E-state index contributed by atoms with van der Waals surface area (Å²) >= 11 is 0. The van der Waals surface area contributed by atoms with Crippen molar-refractivity contribution < 1.29 is 4.79 Å². The van der Waals surface area contributed by atoms with Crippen molar-refractivity contribution in [1.29, 1.82) is 5.26 Å². The number of carbonyl (C=O) groups is 1. The van der Waals surface area contributed by atoms with Crippen molar-refractivity contribution in [2.75, 3.05) is 6.54 Å². The summed E-state index contributed by atoms with van der Waals surface area (Å²) in [6.07, 6.45) is 5.66. The highest BCUT2D eigenvalue weighted by Crippen LogP contribution is 2.18. The van der Waals surface area contributed by atoms with Crippen LogP contribution in [0.1, 0.15) is 29.6 Å². The van der Waals surface area contributed by atoms with Crippen LogP contribution in [0, 0.1) is 11.3 Å². The van der Waals surface area contributed by atoms with Gasteiger partial charge < -0.3 is 4.90 Å². The molecule has 1 unspecified atom stereocenters. The zero-order chi connectivity index (χ0) is 11.4. The number of rotatable bonds is 1. The molecule has 0 aliphatic carbocycles. The van der Waals surface area contributed by atoms with Crippen LogP contribution in [0.4, 0.5) is 0 Å². The number of piperidine rings is 1. The van der Waals surface area contributed by atoms with E-state index in [0.29, 0.717) is 12.1 Å². The van der Waals surface area contributed by atoms with Crippen LogP contribution in [0.5, 0.6) is 0 Å². The van der Waals surface area contributed by atoms with Crippen LogP contribution in [-0.2, 0) is 0 Å². The average Bonchev–Trinajstić information content (AvgIpc) is 2.39. The van der Waals surface area contributed by atoms with Gasteiger partial charge in [-0.05, 0) is 25.3 Å². The first-order valence-corrected chi connectivity index (χ1v) is 5.30. The van der Waals surface area contributed by atoms with Crippen LogP contribution in [0.15, 0.2) is 18.5 Å². The van der Waals surface area contributed by atoms with Crippen LogP contribution in [0.3, 0.4) is 0 Å². The van der Waals surface area contributed by atoms with Gasteiger partial charge in [-0.3, -0.25) is 4.79 Å². The van der Waals surface area contributed by atoms with Crippen LogP contribution in [0.25, 0.3) is 0 Å². The molecule has 0 saturated carbocycles. The standard InChI is InChI=1S/C11H12N4O/c12-7-10-3-1-2-6-15(10)11(16)9-4-5-13-14-8-9/h4-5,8,10H,1-3,6H2. The third-order valence-corrected chi connectivity index (χ3v) is 2.74. The molecule has 1 atom stereocenters. The Balaban J connectivity index is 2.18. The van der Waals surface area contributed by atoms with E-state index < -0.39 is 0 Å². The number of hydrogen-bond donors (Lipinski definition) is 0. The topological polar surface area (TPSA) is 69.9 Å². The predicted octanol–water partition coefficient (Wildman–Crippen LogP) is 0.995. The van der Waals surface area contributed by atoms with E-state index in [1.165, 1.54) is 12.4 Å². The molecule has 1 aromatic heterocycles. The van der Waals surface area contributed by atoms with Crippen molar-refractivity contribution in [3.63, 3.8) is 0 Å². The molecule has 5 nitrogen and oxygen atoms in total. The second kappa shape index (κ2) is 4.71. The molecule has 2 heterocycles. The fraction of sp³-hybridized carbons (Fsp3) is 0.455. The van der Waals surface area contributed by atoms with Gasteiger partial charge in [-0.1, -0.05) is 0 Å². The summed E-state index contributed by atoms with van der Waals surface area (Å²) in [6.45, 7) is 0.652. The second-order valence-corrected chi connectivity index (χ2v) is 3.77. The van der Waals surface area contributed by atoms with Crippen molar-refractivity contribution in [3.05, 3.63) is 24.0 Å². The van der Waals surface area contributed by atoms with Crippen LogP contribution < -0.4 is 0 Å². The van der Waals surface area contributed by atoms with Crippen molar-refractivity contribution in [2.45, 2.75) is 25.3 Å². The Morgan fingerprint density at radius 3 is 3.06 bits per heavy atom. The van der Waals surface area contributed by atoms with E-state index in [4.69, 9.17) is 5.26 Å². The molecule has 82 valence electrons. The first-order chi connectivity index (χ1) is 7.83. The number of carbonyl (C=O) groups excluding carboxylic acids is 1. The van der Waals surface area contributed by atoms with Crippen molar-refractivity contribution >= 4 is 5.91 Å². The Morgan fingerprint density at radius 2 is 2.38 bits per heavy atom. The van der Waals surface area contributed by atoms with Crippen molar-refractivity contribution in [2.24, 2.45) is 0 Å². The lowest BCUT2D eigenvalue weighted by Gasteiger charge is -2.31. The third-order valence-electron chi connectivity index (χ3n) is 2.74. The van der Waals surface area contributed by atoms with E-state index in [1.807, 2.05) is 0 Å². The van der Waals surface area contributed by atoms with Gasteiger partial charge in [0.2, 0.25) is 0 Å². The molecule has 1 fully saturated rings. The van der Waals surface area contributed by atoms with Gasteiger partial charge in [-0.15, -0.1) is 0 Å². The lowest BCUT2D eigenvalue weighted by atomic mass is 10.0. The summed E-state index contributed by atoms with van der Waals surface area (Å²) in [4.78, 5) is 13.7. The monoisotopic (exact) mass is 216 g/mol. The number of amides is 1. The Hall–Kier alpha value is -1.96. The minimum atomic E-state index is -0.297. The molecule has 0 bridgehead atoms. The number of nitrogens with zero attached hydrogens (tertiary/aromatic N) is 4. The Labute approximate surface area is 93.7 Å². The zero-order valence-electron chi connectivity index (χ0n) is 8.83. The maximum absolute atomic E-state index is 12.1. The molecule has 1 aromatic rings. The molecule has 1 aliphatic heterocycles. The summed E-state index contributed by atoms with van der Waals surface area (Å²) in [6, 6.07) is 3.50. The maximum Gasteiger partial charge on any atom is 0.256 e. The van der Waals surface area contributed by atoms with Crippen molar-refractivity contribution in [1.82, 2.24) is 15.1 Å². The lowest BCUT2D eigenvalue weighted by molar-refractivity contribution is 0.0670. The van der Waals surface area contributed by atoms with Crippen molar-refractivity contribution in [3.8, 4) is 6.07 Å². The SMILES string of the molecule is N#CC1CCCCN1C(=O)c1ccnnc1. The summed E-state index contributed by atoms with van der Waals surface area (Å²) in [5.74, 6) is -0.124. The van der Waals surface area contributed by atoms with Crippen LogP contribution in [0.2, 0.25) is 0 Å². The molecular weight excluding hydrogens is 204 g/mol. The first-order valence-electron chi connectivity index (χ1n) is 5.30. The van der Waals surface area contributed by atoms with E-state index in [2.05, 4.69) is 16.3 Å². The third kappa shape index (κ3) is 2.01. The van der Waals surface area contributed by atoms with E-state index in [-0.39, 0.29) is 11.9 Å². The molecule has 1 aliphatic rings. The first kappa shape index (κ1) is 10.6. The minimum absolute atomic E-state index is 0.124. The van der Waals surface area contributed by atoms with Gasteiger partial charge in [0.15, 0.2) is 0 Å². The molecule has 1 saturated heterocycles. The van der Waals surface area contributed by atoms with Gasteiger partial charge in [0.25, 0.3) is 5.91 Å². The number of hydrogen-bond acceptors (Lipinski definition) is 4. The Kier molecular flexibility index (Phi) is 3.10. The summed E-state index contributed by atoms with van der Waals surface area (Å²) in [5, 5.41) is 16.3. The van der Waals surface area contributed by atoms with E-state index in [0.717, 1.165) is 19.3 Å². The molecule has 16 heavy (non-hydrogen) atoms. The van der Waals surface area contributed by atoms with Crippen LogP contribution in [-0.4, -0.2) is 33.6 Å². The van der Waals surface area contributed by atoms with Gasteiger partial charge in [-0.2, -0.15) is 15.5 Å². The number of nitriles is 1. The fourth-order valence-corrected chi connectivity index (χ4v) is 1.89. The smallest absolute Gasteiger partial charge is 0.256 e.